The van der Waals surface area contributed by atoms with Gasteiger partial charge in [-0.15, -0.1) is 0 Å². The van der Waals surface area contributed by atoms with E-state index in [1.807, 2.05) is 50.9 Å². The van der Waals surface area contributed by atoms with E-state index in [0.717, 1.165) is 54.2 Å². The fraction of sp³-hybridized carbons (Fsp3) is 0.304. The number of aryl methyl sites for hydroxylation is 3. The lowest BCUT2D eigenvalue weighted by molar-refractivity contribution is 0.248. The van der Waals surface area contributed by atoms with Crippen molar-refractivity contribution in [3.63, 3.8) is 0 Å². The van der Waals surface area contributed by atoms with Gasteiger partial charge >= 0.3 is 5.69 Å². The minimum atomic E-state index is -0.00425. The van der Waals surface area contributed by atoms with Gasteiger partial charge in [-0.05, 0) is 35.7 Å². The van der Waals surface area contributed by atoms with E-state index >= 15 is 0 Å². The fourth-order valence-corrected chi connectivity index (χ4v) is 4.08. The van der Waals surface area contributed by atoms with Gasteiger partial charge in [-0.3, -0.25) is 14.0 Å². The number of aromatic nitrogens is 4. The third-order valence-corrected chi connectivity index (χ3v) is 5.91. The highest BCUT2D eigenvalue weighted by molar-refractivity contribution is 6.31. The van der Waals surface area contributed by atoms with Crippen molar-refractivity contribution in [2.75, 3.05) is 6.54 Å². The molecule has 0 spiro atoms. The van der Waals surface area contributed by atoms with Crippen LogP contribution in [0.5, 0.6) is 0 Å². The highest BCUT2D eigenvalue weighted by Crippen LogP contribution is 2.20. The molecule has 7 heteroatoms. The number of benzene rings is 2. The van der Waals surface area contributed by atoms with Crippen LogP contribution in [-0.4, -0.2) is 30.1 Å². The summed E-state index contributed by atoms with van der Waals surface area (Å²) in [4.78, 5) is 18.8. The van der Waals surface area contributed by atoms with E-state index in [9.17, 15) is 4.79 Å². The zero-order chi connectivity index (χ0) is 21.1. The maximum Gasteiger partial charge on any atom is 0.328 e. The summed E-state index contributed by atoms with van der Waals surface area (Å²) >= 11 is 6.43. The van der Waals surface area contributed by atoms with Crippen LogP contribution in [0.4, 0.5) is 0 Å². The molecule has 0 aliphatic heterocycles. The minimum absolute atomic E-state index is 0.00425. The maximum absolute atomic E-state index is 12.2. The highest BCUT2D eigenvalue weighted by Gasteiger charge is 2.12. The molecule has 6 nitrogen and oxygen atoms in total. The summed E-state index contributed by atoms with van der Waals surface area (Å²) < 4.78 is 5.49. The van der Waals surface area contributed by atoms with Crippen molar-refractivity contribution in [1.82, 2.24) is 23.6 Å². The van der Waals surface area contributed by atoms with Gasteiger partial charge in [0.25, 0.3) is 0 Å². The second-order valence-electron chi connectivity index (χ2n) is 7.68. The van der Waals surface area contributed by atoms with Crippen LogP contribution in [0.1, 0.15) is 17.5 Å². The summed E-state index contributed by atoms with van der Waals surface area (Å²) in [5.74, 6) is 0. The summed E-state index contributed by atoms with van der Waals surface area (Å²) in [5.41, 5.74) is 4.20. The molecule has 2 aromatic carbocycles. The normalized spacial score (nSPS) is 11.6. The minimum Gasteiger partial charge on any atom is -0.337 e. The molecular weight excluding hydrogens is 398 g/mol. The van der Waals surface area contributed by atoms with Crippen LogP contribution in [0.25, 0.3) is 11.0 Å². The molecule has 0 aliphatic carbocycles. The molecule has 0 unspecified atom stereocenters. The van der Waals surface area contributed by atoms with Crippen molar-refractivity contribution in [1.29, 1.82) is 0 Å². The van der Waals surface area contributed by atoms with Crippen LogP contribution in [-0.2, 0) is 33.7 Å². The molecule has 4 aromatic rings. The van der Waals surface area contributed by atoms with Gasteiger partial charge < -0.3 is 4.57 Å². The molecule has 0 fully saturated rings. The van der Waals surface area contributed by atoms with E-state index in [2.05, 4.69) is 32.7 Å². The number of hydrogen-bond acceptors (Lipinski definition) is 3. The molecule has 0 aliphatic rings. The monoisotopic (exact) mass is 423 g/mol. The van der Waals surface area contributed by atoms with Gasteiger partial charge in [0, 0.05) is 57.7 Å². The zero-order valence-electron chi connectivity index (χ0n) is 17.3. The Labute approximate surface area is 180 Å². The van der Waals surface area contributed by atoms with Crippen LogP contribution in [0.2, 0.25) is 5.02 Å². The SMILES string of the molecule is Cn1c(=O)n(C)c2cc(CN(CCCn3ccnc3)Cc3ccccc3Cl)ccc21. The predicted octanol–water partition coefficient (Wildman–Crippen LogP) is 3.82. The van der Waals surface area contributed by atoms with E-state index in [1.165, 1.54) is 5.56 Å². The van der Waals surface area contributed by atoms with Crippen molar-refractivity contribution in [2.45, 2.75) is 26.1 Å². The van der Waals surface area contributed by atoms with Gasteiger partial charge in [0.15, 0.2) is 0 Å². The topological polar surface area (TPSA) is 48.0 Å². The molecule has 0 bridgehead atoms. The average molecular weight is 424 g/mol. The number of rotatable bonds is 8. The molecule has 30 heavy (non-hydrogen) atoms. The van der Waals surface area contributed by atoms with Gasteiger partial charge in [-0.2, -0.15) is 0 Å². The van der Waals surface area contributed by atoms with Crippen molar-refractivity contribution in [3.8, 4) is 0 Å². The van der Waals surface area contributed by atoms with Gasteiger partial charge in [-0.1, -0.05) is 35.9 Å². The van der Waals surface area contributed by atoms with E-state index in [4.69, 9.17) is 11.6 Å². The van der Waals surface area contributed by atoms with E-state index in [0.29, 0.717) is 0 Å². The van der Waals surface area contributed by atoms with Crippen LogP contribution in [0.3, 0.4) is 0 Å². The van der Waals surface area contributed by atoms with Gasteiger partial charge in [0.05, 0.1) is 17.4 Å². The summed E-state index contributed by atoms with van der Waals surface area (Å²) in [6.07, 6.45) is 6.65. The quantitative estimate of drug-likeness (QED) is 0.433. The van der Waals surface area contributed by atoms with Gasteiger partial charge in [0.2, 0.25) is 0 Å². The average Bonchev–Trinajstić information content (AvgIpc) is 3.33. The Morgan fingerprint density at radius 2 is 1.83 bits per heavy atom. The van der Waals surface area contributed by atoms with E-state index in [1.54, 1.807) is 15.3 Å². The van der Waals surface area contributed by atoms with Crippen LogP contribution in [0, 0.1) is 0 Å². The van der Waals surface area contributed by atoms with Crippen molar-refractivity contribution in [3.05, 3.63) is 87.8 Å². The first kappa shape index (κ1) is 20.4. The molecule has 156 valence electrons. The summed E-state index contributed by atoms with van der Waals surface area (Å²) in [5, 5.41) is 0.790. The smallest absolute Gasteiger partial charge is 0.328 e. The van der Waals surface area contributed by atoms with Crippen molar-refractivity contribution >= 4 is 22.6 Å². The van der Waals surface area contributed by atoms with Crippen LogP contribution < -0.4 is 5.69 Å². The van der Waals surface area contributed by atoms with Crippen molar-refractivity contribution < 1.29 is 0 Å². The van der Waals surface area contributed by atoms with E-state index < -0.39 is 0 Å². The molecule has 2 heterocycles. The molecule has 0 saturated heterocycles. The second kappa shape index (κ2) is 8.90. The fourth-order valence-electron chi connectivity index (χ4n) is 3.89. The number of halogens is 1. The summed E-state index contributed by atoms with van der Waals surface area (Å²) in [6, 6.07) is 14.3. The lowest BCUT2D eigenvalue weighted by Gasteiger charge is -2.23. The maximum atomic E-state index is 12.2. The van der Waals surface area contributed by atoms with Crippen molar-refractivity contribution in [2.24, 2.45) is 14.1 Å². The Morgan fingerprint density at radius 1 is 1.03 bits per heavy atom. The third-order valence-electron chi connectivity index (χ3n) is 5.54. The Kier molecular flexibility index (Phi) is 6.06. The van der Waals surface area contributed by atoms with Crippen LogP contribution in [0.15, 0.2) is 66.0 Å². The number of hydrogen-bond donors (Lipinski definition) is 0. The molecular formula is C23H26ClN5O. The molecule has 0 atom stereocenters. The highest BCUT2D eigenvalue weighted by atomic mass is 35.5. The number of fused-ring (bicyclic) bond motifs is 1. The van der Waals surface area contributed by atoms with Crippen LogP contribution >= 0.6 is 11.6 Å². The molecule has 0 N–H and O–H groups in total. The Hall–Kier alpha value is -2.83. The number of imidazole rings is 2. The molecule has 0 amide bonds. The third kappa shape index (κ3) is 4.35. The van der Waals surface area contributed by atoms with Gasteiger partial charge in [0.1, 0.15) is 0 Å². The standard InChI is InChI=1S/C23H26ClN5O/c1-26-21-9-8-18(14-22(21)27(2)23(26)30)15-29(12-5-11-28-13-10-25-17-28)16-19-6-3-4-7-20(19)24/h3-4,6-10,13-14,17H,5,11-12,15-16H2,1-2H3. The first-order chi connectivity index (χ1) is 14.5. The van der Waals surface area contributed by atoms with E-state index in [-0.39, 0.29) is 5.69 Å². The largest absolute Gasteiger partial charge is 0.337 e. The molecule has 0 radical (unpaired) electrons. The molecule has 4 rings (SSSR count). The Balaban J connectivity index is 1.55. The Morgan fingerprint density at radius 3 is 2.60 bits per heavy atom. The molecule has 2 aromatic heterocycles. The molecule has 0 saturated carbocycles. The Bertz CT molecular complexity index is 1190. The summed E-state index contributed by atoms with van der Waals surface area (Å²) in [6.45, 7) is 3.41. The summed E-state index contributed by atoms with van der Waals surface area (Å²) in [7, 11) is 3.63. The predicted molar refractivity (Wildman–Crippen MR) is 121 cm³/mol. The first-order valence-corrected chi connectivity index (χ1v) is 10.5. The zero-order valence-corrected chi connectivity index (χ0v) is 18.1. The number of nitrogens with zero attached hydrogens (tertiary/aromatic N) is 5. The first-order valence-electron chi connectivity index (χ1n) is 10.1. The second-order valence-corrected chi connectivity index (χ2v) is 8.09. The lowest BCUT2D eigenvalue weighted by Crippen LogP contribution is -2.25. The van der Waals surface area contributed by atoms with Gasteiger partial charge in [-0.25, -0.2) is 9.78 Å². The lowest BCUT2D eigenvalue weighted by atomic mass is 10.1.